The molecule has 0 aromatic rings. The molecule has 0 aromatic carbocycles. The second kappa shape index (κ2) is 5.38. The summed E-state index contributed by atoms with van der Waals surface area (Å²) in [6.07, 6.45) is 5.62. The minimum Gasteiger partial charge on any atom is -0.349 e. The first kappa shape index (κ1) is 13.1. The van der Waals surface area contributed by atoms with E-state index >= 15 is 0 Å². The average Bonchev–Trinajstić information content (AvgIpc) is 2.10. The molecular weight excluding hydrogens is 181 g/mol. The molecule has 2 heteroatoms. The molecule has 1 nitrogen and oxygen atoms in total. The predicted octanol–water partition coefficient (Wildman–Crippen LogP) is 2.71. The first-order chi connectivity index (χ1) is 6.94. The van der Waals surface area contributed by atoms with E-state index in [0.29, 0.717) is 5.41 Å². The van der Waals surface area contributed by atoms with E-state index in [2.05, 4.69) is 40.5 Å². The number of hydrogen-bond acceptors (Lipinski definition) is 1. The lowest BCUT2D eigenvalue weighted by Crippen LogP contribution is -2.34. The van der Waals surface area contributed by atoms with E-state index in [-0.39, 0.29) is 0 Å². The van der Waals surface area contributed by atoms with Crippen LogP contribution in [0, 0.1) is 17.3 Å². The molecule has 15 heavy (non-hydrogen) atoms. The second-order valence-corrected chi connectivity index (χ2v) is 6.26. The molecule has 0 aliphatic carbocycles. The number of rotatable bonds is 2. The second-order valence-electron chi connectivity index (χ2n) is 6.26. The van der Waals surface area contributed by atoms with Crippen molar-refractivity contribution in [3.8, 4) is 0 Å². The van der Waals surface area contributed by atoms with E-state index in [1.54, 1.807) is 0 Å². The van der Waals surface area contributed by atoms with Crippen molar-refractivity contribution in [1.82, 2.24) is 4.81 Å². The average molecular weight is 209 g/mol. The van der Waals surface area contributed by atoms with Crippen molar-refractivity contribution in [1.29, 1.82) is 0 Å². The molecule has 0 atom stereocenters. The zero-order chi connectivity index (χ0) is 11.5. The van der Waals surface area contributed by atoms with Gasteiger partial charge in [0.05, 0.1) is 0 Å². The van der Waals surface area contributed by atoms with E-state index in [1.807, 2.05) is 0 Å². The zero-order valence-corrected chi connectivity index (χ0v) is 11.3. The predicted molar refractivity (Wildman–Crippen MR) is 70.7 cm³/mol. The molecule has 88 valence electrons. The third-order valence-corrected chi connectivity index (χ3v) is 4.73. The zero-order valence-electron chi connectivity index (χ0n) is 11.3. The van der Waals surface area contributed by atoms with Gasteiger partial charge < -0.3 is 4.81 Å². The summed E-state index contributed by atoms with van der Waals surface area (Å²) in [5.74, 6) is 1.74. The third-order valence-electron chi connectivity index (χ3n) is 4.73. The van der Waals surface area contributed by atoms with Gasteiger partial charge in [-0.3, -0.25) is 0 Å². The molecule has 1 aliphatic heterocycles. The first-order valence-electron chi connectivity index (χ1n) is 6.63. The van der Waals surface area contributed by atoms with Gasteiger partial charge in [-0.2, -0.15) is 0 Å². The van der Waals surface area contributed by atoms with E-state index in [0.717, 1.165) is 11.8 Å². The topological polar surface area (TPSA) is 3.24 Å². The van der Waals surface area contributed by atoms with Crippen LogP contribution in [0.25, 0.3) is 0 Å². The van der Waals surface area contributed by atoms with Crippen molar-refractivity contribution in [2.75, 3.05) is 13.1 Å². The standard InChI is InChI=1S/C13H28BN/c1-11(2)13(3,4)12-7-5-9-15(14)10-6-8-12/h11-12H,5-10,14H2,1-4H3. The van der Waals surface area contributed by atoms with Crippen molar-refractivity contribution in [2.45, 2.75) is 53.4 Å². The molecule has 0 saturated carbocycles. The maximum Gasteiger partial charge on any atom is 0.185 e. The highest BCUT2D eigenvalue weighted by Gasteiger charge is 2.32. The molecule has 0 radical (unpaired) electrons. The van der Waals surface area contributed by atoms with E-state index < -0.39 is 0 Å². The largest absolute Gasteiger partial charge is 0.349 e. The van der Waals surface area contributed by atoms with Gasteiger partial charge in [0.15, 0.2) is 7.98 Å². The smallest absolute Gasteiger partial charge is 0.185 e. The van der Waals surface area contributed by atoms with Gasteiger partial charge in [-0.15, -0.1) is 0 Å². The quantitative estimate of drug-likeness (QED) is 0.632. The summed E-state index contributed by atoms with van der Waals surface area (Å²) < 4.78 is 0. The fourth-order valence-corrected chi connectivity index (χ4v) is 2.69. The monoisotopic (exact) mass is 209 g/mol. The van der Waals surface area contributed by atoms with E-state index in [4.69, 9.17) is 0 Å². The summed E-state index contributed by atoms with van der Waals surface area (Å²) in [7, 11) is 2.26. The Morgan fingerprint density at radius 3 is 2.00 bits per heavy atom. The Hall–Kier alpha value is 0.0249. The molecule has 1 saturated heterocycles. The SMILES string of the molecule is BN1CCCC(C(C)(C)C(C)C)CCC1. The summed E-state index contributed by atoms with van der Waals surface area (Å²) in [6, 6.07) is 0. The minimum atomic E-state index is 0.524. The fourth-order valence-electron chi connectivity index (χ4n) is 2.69. The van der Waals surface area contributed by atoms with E-state index in [9.17, 15) is 0 Å². The van der Waals surface area contributed by atoms with Gasteiger partial charge in [0.2, 0.25) is 0 Å². The van der Waals surface area contributed by atoms with Crippen LogP contribution in [0.1, 0.15) is 53.4 Å². The first-order valence-corrected chi connectivity index (χ1v) is 6.63. The van der Waals surface area contributed by atoms with Gasteiger partial charge >= 0.3 is 0 Å². The van der Waals surface area contributed by atoms with Crippen LogP contribution in [0.3, 0.4) is 0 Å². The minimum absolute atomic E-state index is 0.524. The van der Waals surface area contributed by atoms with Crippen LogP contribution in [0.4, 0.5) is 0 Å². The molecule has 0 aromatic heterocycles. The molecule has 1 heterocycles. The van der Waals surface area contributed by atoms with Crippen molar-refractivity contribution in [3.63, 3.8) is 0 Å². The highest BCUT2D eigenvalue weighted by Crippen LogP contribution is 2.40. The van der Waals surface area contributed by atoms with E-state index in [1.165, 1.54) is 38.8 Å². The lowest BCUT2D eigenvalue weighted by Gasteiger charge is -2.40. The third kappa shape index (κ3) is 3.51. The molecule has 0 unspecified atom stereocenters. The number of nitrogens with zero attached hydrogens (tertiary/aromatic N) is 1. The van der Waals surface area contributed by atoms with Crippen molar-refractivity contribution in [2.24, 2.45) is 17.3 Å². The maximum atomic E-state index is 2.48. The number of hydrogen-bond donors (Lipinski definition) is 0. The van der Waals surface area contributed by atoms with Crippen molar-refractivity contribution < 1.29 is 0 Å². The fraction of sp³-hybridized carbons (Fsp3) is 1.00. The summed E-state index contributed by atoms with van der Waals surface area (Å²) in [4.78, 5) is 2.48. The Morgan fingerprint density at radius 2 is 1.60 bits per heavy atom. The van der Waals surface area contributed by atoms with Gasteiger partial charge in [-0.05, 0) is 56.0 Å². The molecule has 1 aliphatic rings. The molecule has 0 bridgehead atoms. The molecule has 0 spiro atoms. The summed E-state index contributed by atoms with van der Waals surface area (Å²) in [5, 5.41) is 0. The molecule has 1 fully saturated rings. The van der Waals surface area contributed by atoms with Gasteiger partial charge in [-0.1, -0.05) is 27.7 Å². The normalized spacial score (nSPS) is 22.7. The van der Waals surface area contributed by atoms with Gasteiger partial charge in [0, 0.05) is 0 Å². The Bertz CT molecular complexity index is 179. The highest BCUT2D eigenvalue weighted by molar-refractivity contribution is 6.04. The van der Waals surface area contributed by atoms with Crippen LogP contribution in [0.2, 0.25) is 0 Å². The molecule has 0 amide bonds. The van der Waals surface area contributed by atoms with Crippen LogP contribution in [-0.4, -0.2) is 25.9 Å². The Kier molecular flexibility index (Phi) is 4.70. The van der Waals surface area contributed by atoms with Crippen molar-refractivity contribution >= 4 is 7.98 Å². The Balaban J connectivity index is 2.54. The summed E-state index contributed by atoms with van der Waals surface area (Å²) in [6.45, 7) is 12.3. The molecular formula is C13H28BN. The Labute approximate surface area is 97.0 Å². The van der Waals surface area contributed by atoms with Gasteiger partial charge in [0.1, 0.15) is 0 Å². The summed E-state index contributed by atoms with van der Waals surface area (Å²) in [5.41, 5.74) is 0.524. The van der Waals surface area contributed by atoms with Crippen LogP contribution in [0.5, 0.6) is 0 Å². The molecule has 0 N–H and O–H groups in total. The lowest BCUT2D eigenvalue weighted by molar-refractivity contribution is 0.107. The van der Waals surface area contributed by atoms with Crippen LogP contribution >= 0.6 is 0 Å². The Morgan fingerprint density at radius 1 is 1.13 bits per heavy atom. The van der Waals surface area contributed by atoms with Gasteiger partial charge in [-0.25, -0.2) is 0 Å². The molecule has 1 rings (SSSR count). The highest BCUT2D eigenvalue weighted by atomic mass is 15.0. The van der Waals surface area contributed by atoms with Crippen LogP contribution in [-0.2, 0) is 0 Å². The van der Waals surface area contributed by atoms with Crippen LogP contribution < -0.4 is 0 Å². The van der Waals surface area contributed by atoms with Crippen LogP contribution in [0.15, 0.2) is 0 Å². The van der Waals surface area contributed by atoms with Crippen molar-refractivity contribution in [3.05, 3.63) is 0 Å². The van der Waals surface area contributed by atoms with Gasteiger partial charge in [0.25, 0.3) is 0 Å². The maximum absolute atomic E-state index is 2.48. The lowest BCUT2D eigenvalue weighted by atomic mass is 9.67. The summed E-state index contributed by atoms with van der Waals surface area (Å²) >= 11 is 0.